The van der Waals surface area contributed by atoms with Crippen molar-refractivity contribution in [1.82, 2.24) is 0 Å². The molecule has 1 aliphatic heterocycles. The van der Waals surface area contributed by atoms with Crippen LogP contribution in [0.3, 0.4) is 0 Å². The van der Waals surface area contributed by atoms with E-state index in [1.165, 1.54) is 24.3 Å². The Labute approximate surface area is 197 Å². The zero-order valence-corrected chi connectivity index (χ0v) is 18.8. The predicted molar refractivity (Wildman–Crippen MR) is 126 cm³/mol. The average Bonchev–Trinajstić information content (AvgIpc) is 2.86. The summed E-state index contributed by atoms with van der Waals surface area (Å²) >= 11 is 0. The highest BCUT2D eigenvalue weighted by atomic mass is 19.2. The minimum atomic E-state index is -1.06. The Morgan fingerprint density at radius 2 is 1.56 bits per heavy atom. The fourth-order valence-corrected chi connectivity index (χ4v) is 3.84. The topological polar surface area (TPSA) is 27.7 Å². The van der Waals surface area contributed by atoms with Gasteiger partial charge in [0.25, 0.3) is 0 Å². The third kappa shape index (κ3) is 5.08. The third-order valence-corrected chi connectivity index (χ3v) is 5.65. The Morgan fingerprint density at radius 1 is 0.912 bits per heavy atom. The van der Waals surface area contributed by atoms with E-state index in [2.05, 4.69) is 6.58 Å². The van der Waals surface area contributed by atoms with Crippen molar-refractivity contribution in [2.75, 3.05) is 19.8 Å². The maximum atomic E-state index is 15.0. The number of benzene rings is 3. The second-order valence-electron chi connectivity index (χ2n) is 7.91. The van der Waals surface area contributed by atoms with E-state index in [-0.39, 0.29) is 35.9 Å². The molecule has 0 aromatic heterocycles. The molecule has 0 radical (unpaired) electrons. The number of rotatable bonds is 7. The number of hydrogen-bond acceptors (Lipinski definition) is 3. The lowest BCUT2D eigenvalue weighted by molar-refractivity contribution is -0.159. The molecule has 0 bridgehead atoms. The lowest BCUT2D eigenvalue weighted by Crippen LogP contribution is -2.29. The van der Waals surface area contributed by atoms with Gasteiger partial charge in [-0.3, -0.25) is 0 Å². The molecule has 3 nitrogen and oxygen atoms in total. The lowest BCUT2D eigenvalue weighted by Gasteiger charge is -2.28. The molecule has 4 rings (SSSR count). The van der Waals surface area contributed by atoms with Gasteiger partial charge in [0.05, 0.1) is 13.2 Å². The zero-order valence-electron chi connectivity index (χ0n) is 18.8. The van der Waals surface area contributed by atoms with E-state index in [1.54, 1.807) is 30.3 Å². The largest absolute Gasteiger partial charge is 0.486 e. The molecule has 1 fully saturated rings. The van der Waals surface area contributed by atoms with Crippen molar-refractivity contribution >= 4 is 0 Å². The number of ether oxygens (including phenoxy) is 3. The van der Waals surface area contributed by atoms with Crippen molar-refractivity contribution in [2.45, 2.75) is 19.1 Å². The number of allylic oxidation sites excluding steroid dienone is 1. The van der Waals surface area contributed by atoms with E-state index >= 15 is 0 Å². The maximum Gasteiger partial charge on any atom is 0.201 e. The highest BCUT2D eigenvalue weighted by Crippen LogP contribution is 2.33. The van der Waals surface area contributed by atoms with Crippen molar-refractivity contribution in [3.63, 3.8) is 0 Å². The quantitative estimate of drug-likeness (QED) is 0.350. The van der Waals surface area contributed by atoms with Gasteiger partial charge in [0.2, 0.25) is 5.82 Å². The first-order valence-corrected chi connectivity index (χ1v) is 11.0. The zero-order chi connectivity index (χ0) is 24.1. The summed E-state index contributed by atoms with van der Waals surface area (Å²) in [6, 6.07) is 14.5. The molecular weight excluding hydrogens is 441 g/mol. The van der Waals surface area contributed by atoms with Gasteiger partial charge in [0.15, 0.2) is 17.9 Å². The second kappa shape index (κ2) is 10.7. The predicted octanol–water partition coefficient (Wildman–Crippen LogP) is 7.04. The van der Waals surface area contributed by atoms with Crippen LogP contribution in [0.25, 0.3) is 22.3 Å². The van der Waals surface area contributed by atoms with E-state index in [1.807, 2.05) is 25.1 Å². The summed E-state index contributed by atoms with van der Waals surface area (Å²) in [4.78, 5) is 0. The summed E-state index contributed by atoms with van der Waals surface area (Å²) in [6.45, 7) is 6.35. The first-order chi connectivity index (χ1) is 16.5. The second-order valence-corrected chi connectivity index (χ2v) is 7.91. The molecule has 0 unspecified atom stereocenters. The van der Waals surface area contributed by atoms with Gasteiger partial charge in [-0.1, -0.05) is 55.1 Å². The summed E-state index contributed by atoms with van der Waals surface area (Å²) in [5.41, 5.74) is 2.41. The van der Waals surface area contributed by atoms with Crippen LogP contribution >= 0.6 is 0 Å². The number of hydrogen-bond donors (Lipinski definition) is 0. The molecule has 1 heterocycles. The lowest BCUT2D eigenvalue weighted by atomic mass is 9.95. The molecular formula is C28H25F3O3. The van der Waals surface area contributed by atoms with Crippen molar-refractivity contribution in [3.8, 4) is 28.0 Å². The van der Waals surface area contributed by atoms with Crippen LogP contribution in [0.1, 0.15) is 18.4 Å². The standard InChI is InChI=1S/C28H25F3O3/c1-3-5-26-33-16-21(17-34-26)20-10-11-22(24(29)15-20)18-6-8-19(9-7-18)23-12-13-25(32-14-4-2)28(31)27(23)30/h3-13,15,21,26H,2,14,16-17H2,1H3/b5-3+. The first-order valence-electron chi connectivity index (χ1n) is 11.0. The van der Waals surface area contributed by atoms with Crippen molar-refractivity contribution in [3.05, 3.63) is 102 Å². The van der Waals surface area contributed by atoms with E-state index in [0.717, 1.165) is 5.56 Å². The first kappa shape index (κ1) is 23.8. The molecule has 176 valence electrons. The van der Waals surface area contributed by atoms with E-state index in [4.69, 9.17) is 14.2 Å². The van der Waals surface area contributed by atoms with Crippen LogP contribution in [0, 0.1) is 17.5 Å². The van der Waals surface area contributed by atoms with Crippen LogP contribution in [0.4, 0.5) is 13.2 Å². The fourth-order valence-electron chi connectivity index (χ4n) is 3.84. The van der Waals surface area contributed by atoms with Gasteiger partial charge in [-0.05, 0) is 47.9 Å². The molecule has 3 aromatic rings. The summed E-state index contributed by atoms with van der Waals surface area (Å²) < 4.78 is 60.3. The van der Waals surface area contributed by atoms with Gasteiger partial charge in [0, 0.05) is 17.0 Å². The molecule has 0 spiro atoms. The minimum Gasteiger partial charge on any atom is -0.486 e. The Kier molecular flexibility index (Phi) is 7.50. The van der Waals surface area contributed by atoms with Gasteiger partial charge in [-0.2, -0.15) is 4.39 Å². The Morgan fingerprint density at radius 3 is 2.18 bits per heavy atom. The van der Waals surface area contributed by atoms with Crippen molar-refractivity contribution in [1.29, 1.82) is 0 Å². The highest BCUT2D eigenvalue weighted by Gasteiger charge is 2.23. The summed E-state index contributed by atoms with van der Waals surface area (Å²) in [7, 11) is 0. The minimum absolute atomic E-state index is 0.0521. The Balaban J connectivity index is 1.51. The highest BCUT2D eigenvalue weighted by molar-refractivity contribution is 5.71. The molecule has 0 atom stereocenters. The Bertz CT molecular complexity index is 1180. The average molecular weight is 466 g/mol. The molecule has 0 saturated carbocycles. The van der Waals surface area contributed by atoms with Crippen molar-refractivity contribution < 1.29 is 27.4 Å². The van der Waals surface area contributed by atoms with Gasteiger partial charge < -0.3 is 14.2 Å². The van der Waals surface area contributed by atoms with E-state index < -0.39 is 11.6 Å². The monoisotopic (exact) mass is 466 g/mol. The normalized spacial score (nSPS) is 18.2. The van der Waals surface area contributed by atoms with Crippen LogP contribution in [0.5, 0.6) is 5.75 Å². The van der Waals surface area contributed by atoms with Crippen LogP contribution < -0.4 is 4.74 Å². The Hall–Kier alpha value is -3.35. The molecule has 1 saturated heterocycles. The van der Waals surface area contributed by atoms with Gasteiger partial charge in [0.1, 0.15) is 12.4 Å². The van der Waals surface area contributed by atoms with Crippen LogP contribution in [0.2, 0.25) is 0 Å². The molecule has 0 N–H and O–H groups in total. The molecule has 0 aliphatic carbocycles. The molecule has 3 aromatic carbocycles. The van der Waals surface area contributed by atoms with Crippen LogP contribution in [-0.4, -0.2) is 26.1 Å². The third-order valence-electron chi connectivity index (χ3n) is 5.65. The number of halogens is 3. The maximum absolute atomic E-state index is 15.0. The summed E-state index contributed by atoms with van der Waals surface area (Å²) in [6.07, 6.45) is 4.78. The van der Waals surface area contributed by atoms with Gasteiger partial charge in [-0.25, -0.2) is 8.78 Å². The van der Waals surface area contributed by atoms with E-state index in [0.29, 0.717) is 29.9 Å². The van der Waals surface area contributed by atoms with E-state index in [9.17, 15) is 13.2 Å². The van der Waals surface area contributed by atoms with Crippen LogP contribution in [0.15, 0.2) is 79.4 Å². The molecule has 0 amide bonds. The summed E-state index contributed by atoms with van der Waals surface area (Å²) in [5, 5.41) is 0. The smallest absolute Gasteiger partial charge is 0.201 e. The van der Waals surface area contributed by atoms with Crippen molar-refractivity contribution in [2.24, 2.45) is 0 Å². The van der Waals surface area contributed by atoms with Crippen LogP contribution in [-0.2, 0) is 9.47 Å². The molecule has 34 heavy (non-hydrogen) atoms. The fraction of sp³-hybridized carbons (Fsp3) is 0.214. The van der Waals surface area contributed by atoms with Gasteiger partial charge >= 0.3 is 0 Å². The SMILES string of the molecule is C=CCOc1ccc(-c2ccc(-c3ccc(C4COC(/C=C/C)OC4)cc3F)cc2)c(F)c1F. The molecule has 1 aliphatic rings. The summed E-state index contributed by atoms with van der Waals surface area (Å²) in [5.74, 6) is -2.66. The van der Waals surface area contributed by atoms with Gasteiger partial charge in [-0.15, -0.1) is 0 Å². The molecule has 6 heteroatoms.